The number of amides is 1. The highest BCUT2D eigenvalue weighted by Crippen LogP contribution is 2.33. The van der Waals surface area contributed by atoms with Crippen LogP contribution in [0.3, 0.4) is 0 Å². The molecule has 1 aromatic heterocycles. The molecule has 25 heavy (non-hydrogen) atoms. The van der Waals surface area contributed by atoms with Gasteiger partial charge in [0.15, 0.2) is 5.13 Å². The van der Waals surface area contributed by atoms with Crippen molar-refractivity contribution in [3.05, 3.63) is 71.2 Å². The van der Waals surface area contributed by atoms with E-state index >= 15 is 0 Å². The highest BCUT2D eigenvalue weighted by Gasteiger charge is 2.32. The predicted octanol–water partition coefficient (Wildman–Crippen LogP) is 4.37. The molecule has 0 N–H and O–H groups in total. The van der Waals surface area contributed by atoms with Crippen LogP contribution in [0.2, 0.25) is 0 Å². The van der Waals surface area contributed by atoms with Crippen LogP contribution in [0.15, 0.2) is 60.0 Å². The Morgan fingerprint density at radius 1 is 1.16 bits per heavy atom. The van der Waals surface area contributed by atoms with E-state index in [9.17, 15) is 4.79 Å². The minimum atomic E-state index is -0.223. The van der Waals surface area contributed by atoms with Crippen LogP contribution >= 0.6 is 11.3 Å². The lowest BCUT2D eigenvalue weighted by Crippen LogP contribution is -2.38. The third-order valence-corrected chi connectivity index (χ3v) is 5.20. The third kappa shape index (κ3) is 3.15. The molecule has 0 fully saturated rings. The van der Waals surface area contributed by atoms with Gasteiger partial charge in [-0.25, -0.2) is 4.98 Å². The van der Waals surface area contributed by atoms with Crippen LogP contribution in [0.25, 0.3) is 0 Å². The molecule has 0 saturated heterocycles. The van der Waals surface area contributed by atoms with Crippen LogP contribution in [0.1, 0.15) is 11.3 Å². The number of nitrogens with zero attached hydrogens (tertiary/aromatic N) is 2. The molecule has 4 rings (SSSR count). The lowest BCUT2D eigenvalue weighted by molar-refractivity contribution is -0.122. The second-order valence-electron chi connectivity index (χ2n) is 6.10. The number of para-hydroxylation sites is 2. The maximum absolute atomic E-state index is 13.3. The zero-order valence-corrected chi connectivity index (χ0v) is 14.7. The first-order chi connectivity index (χ1) is 12.2. The number of benzene rings is 2. The summed E-state index contributed by atoms with van der Waals surface area (Å²) in [5.41, 5.74) is 2.83. The molecule has 126 valence electrons. The van der Waals surface area contributed by atoms with E-state index in [1.54, 1.807) is 4.90 Å². The number of carbonyl (C=O) groups is 1. The van der Waals surface area contributed by atoms with Crippen molar-refractivity contribution < 1.29 is 9.53 Å². The van der Waals surface area contributed by atoms with Crippen molar-refractivity contribution in [1.82, 2.24) is 4.98 Å². The van der Waals surface area contributed by atoms with Crippen LogP contribution in [0.5, 0.6) is 5.75 Å². The number of anilines is 2. The monoisotopic (exact) mass is 350 g/mol. The standard InChI is InChI=1S/C20H18N2O2S/c1-14-13-25-20(21-14)22(17-8-3-2-4-9-17)19(23)16-11-15-7-5-6-10-18(15)24-12-16/h2-10,13,16H,11-12H2,1H3. The lowest BCUT2D eigenvalue weighted by Gasteiger charge is -2.29. The van der Waals surface area contributed by atoms with E-state index in [1.807, 2.05) is 66.9 Å². The summed E-state index contributed by atoms with van der Waals surface area (Å²) in [6.45, 7) is 2.33. The van der Waals surface area contributed by atoms with Crippen LogP contribution in [0.4, 0.5) is 10.8 Å². The van der Waals surface area contributed by atoms with Gasteiger partial charge in [-0.1, -0.05) is 36.4 Å². The van der Waals surface area contributed by atoms with Gasteiger partial charge < -0.3 is 4.74 Å². The Labute approximate surface area is 150 Å². The minimum Gasteiger partial charge on any atom is -0.492 e. The average Bonchev–Trinajstić information content (AvgIpc) is 3.08. The van der Waals surface area contributed by atoms with Crippen LogP contribution in [-0.4, -0.2) is 17.5 Å². The summed E-state index contributed by atoms with van der Waals surface area (Å²) in [4.78, 5) is 19.6. The van der Waals surface area contributed by atoms with Gasteiger partial charge in [-0.05, 0) is 37.1 Å². The van der Waals surface area contributed by atoms with Gasteiger partial charge in [0.25, 0.3) is 0 Å². The van der Waals surface area contributed by atoms with Crippen LogP contribution in [0, 0.1) is 12.8 Å². The number of aryl methyl sites for hydroxylation is 1. The largest absolute Gasteiger partial charge is 0.492 e. The van der Waals surface area contributed by atoms with Crippen molar-refractivity contribution in [1.29, 1.82) is 0 Å². The van der Waals surface area contributed by atoms with Crippen molar-refractivity contribution >= 4 is 28.1 Å². The summed E-state index contributed by atoms with van der Waals surface area (Å²) in [5, 5.41) is 2.66. The van der Waals surface area contributed by atoms with Crippen molar-refractivity contribution in [2.75, 3.05) is 11.5 Å². The van der Waals surface area contributed by atoms with Gasteiger partial charge >= 0.3 is 0 Å². The first kappa shape index (κ1) is 15.8. The normalized spacial score (nSPS) is 16.0. The summed E-state index contributed by atoms with van der Waals surface area (Å²) in [7, 11) is 0. The van der Waals surface area contributed by atoms with E-state index in [2.05, 4.69) is 4.98 Å². The van der Waals surface area contributed by atoms with Crippen LogP contribution in [-0.2, 0) is 11.2 Å². The molecule has 1 unspecified atom stereocenters. The third-order valence-electron chi connectivity index (χ3n) is 4.26. The number of thiazole rings is 1. The fourth-order valence-electron chi connectivity index (χ4n) is 3.02. The first-order valence-electron chi connectivity index (χ1n) is 8.24. The molecular weight excluding hydrogens is 332 g/mol. The maximum atomic E-state index is 13.3. The summed E-state index contributed by atoms with van der Waals surface area (Å²) < 4.78 is 5.82. The molecule has 5 heteroatoms. The number of hydrogen-bond donors (Lipinski definition) is 0. The Balaban J connectivity index is 1.67. The first-order valence-corrected chi connectivity index (χ1v) is 9.12. The highest BCUT2D eigenvalue weighted by molar-refractivity contribution is 7.14. The Bertz CT molecular complexity index is 891. The molecule has 4 nitrogen and oxygen atoms in total. The van der Waals surface area contributed by atoms with Gasteiger partial charge in [0.2, 0.25) is 5.91 Å². The SMILES string of the molecule is Cc1csc(N(C(=O)C2COc3ccccc3C2)c2ccccc2)n1. The predicted molar refractivity (Wildman–Crippen MR) is 99.6 cm³/mol. The molecule has 3 aromatic rings. The van der Waals surface area contributed by atoms with Gasteiger partial charge in [-0.3, -0.25) is 9.69 Å². The van der Waals surface area contributed by atoms with Gasteiger partial charge in [-0.2, -0.15) is 0 Å². The number of ether oxygens (including phenoxy) is 1. The highest BCUT2D eigenvalue weighted by atomic mass is 32.1. The van der Waals surface area contributed by atoms with Crippen molar-refractivity contribution in [3.8, 4) is 5.75 Å². The number of fused-ring (bicyclic) bond motifs is 1. The molecule has 1 atom stereocenters. The van der Waals surface area contributed by atoms with E-state index in [1.165, 1.54) is 11.3 Å². The summed E-state index contributed by atoms with van der Waals surface area (Å²) in [5.74, 6) is 0.678. The van der Waals surface area contributed by atoms with Gasteiger partial charge in [0.05, 0.1) is 17.3 Å². The van der Waals surface area contributed by atoms with Gasteiger partial charge in [0, 0.05) is 5.38 Å². The average molecular weight is 350 g/mol. The zero-order chi connectivity index (χ0) is 17.2. The molecule has 1 amide bonds. The number of carbonyl (C=O) groups excluding carboxylic acids is 1. The van der Waals surface area contributed by atoms with Crippen molar-refractivity contribution in [2.24, 2.45) is 5.92 Å². The molecule has 1 aliphatic rings. The fourth-order valence-corrected chi connectivity index (χ4v) is 3.85. The van der Waals surface area contributed by atoms with E-state index in [4.69, 9.17) is 4.74 Å². The quantitative estimate of drug-likeness (QED) is 0.704. The Hall–Kier alpha value is -2.66. The Morgan fingerprint density at radius 2 is 1.92 bits per heavy atom. The van der Waals surface area contributed by atoms with Gasteiger partial charge in [0.1, 0.15) is 12.4 Å². The fraction of sp³-hybridized carbons (Fsp3) is 0.200. The van der Waals surface area contributed by atoms with E-state index in [0.717, 1.165) is 22.7 Å². The molecule has 1 aliphatic heterocycles. The molecule has 0 bridgehead atoms. The smallest absolute Gasteiger partial charge is 0.240 e. The van der Waals surface area contributed by atoms with E-state index in [0.29, 0.717) is 18.2 Å². The Kier molecular flexibility index (Phi) is 4.24. The number of rotatable bonds is 3. The van der Waals surface area contributed by atoms with Crippen LogP contribution < -0.4 is 9.64 Å². The molecule has 0 aliphatic carbocycles. The molecule has 2 aromatic carbocycles. The summed E-state index contributed by atoms with van der Waals surface area (Å²) in [6, 6.07) is 17.6. The van der Waals surface area contributed by atoms with Crippen molar-refractivity contribution in [2.45, 2.75) is 13.3 Å². The molecule has 2 heterocycles. The minimum absolute atomic E-state index is 0.0232. The Morgan fingerprint density at radius 3 is 2.68 bits per heavy atom. The maximum Gasteiger partial charge on any atom is 0.240 e. The molecule has 0 saturated carbocycles. The summed E-state index contributed by atoms with van der Waals surface area (Å²) in [6.07, 6.45) is 0.683. The van der Waals surface area contributed by atoms with E-state index in [-0.39, 0.29) is 11.8 Å². The number of hydrogen-bond acceptors (Lipinski definition) is 4. The molecule has 0 radical (unpaired) electrons. The number of aromatic nitrogens is 1. The molecular formula is C20H18N2O2S. The molecule has 0 spiro atoms. The lowest BCUT2D eigenvalue weighted by atomic mass is 9.95. The topological polar surface area (TPSA) is 42.4 Å². The van der Waals surface area contributed by atoms with Crippen molar-refractivity contribution in [3.63, 3.8) is 0 Å². The van der Waals surface area contributed by atoms with E-state index < -0.39 is 0 Å². The van der Waals surface area contributed by atoms with Gasteiger partial charge in [-0.15, -0.1) is 11.3 Å². The second kappa shape index (κ2) is 6.69. The second-order valence-corrected chi connectivity index (χ2v) is 6.94. The summed E-state index contributed by atoms with van der Waals surface area (Å²) >= 11 is 1.48. The zero-order valence-electron chi connectivity index (χ0n) is 13.9.